The summed E-state index contributed by atoms with van der Waals surface area (Å²) in [6.07, 6.45) is 4.95. The lowest BCUT2D eigenvalue weighted by atomic mass is 10.2. The van der Waals surface area contributed by atoms with Gasteiger partial charge in [-0.05, 0) is 18.6 Å². The molecule has 0 aliphatic carbocycles. The first-order chi connectivity index (χ1) is 12.4. The van der Waals surface area contributed by atoms with Crippen molar-refractivity contribution in [2.45, 2.75) is 32.6 Å². The third-order valence-electron chi connectivity index (χ3n) is 3.50. The minimum atomic E-state index is 0.547. The zero-order chi connectivity index (χ0) is 17.8. The molecule has 0 atom stereocenters. The van der Waals surface area contributed by atoms with Gasteiger partial charge in [0.05, 0.1) is 46.2 Å². The standard InChI is InChI=1S/C20H34O5/c1-2-3-4-8-11-21-12-13-22-14-15-23-16-17-24-18-19-25-20-9-6-5-7-10-20/h5-7,9-10H,2-4,8,11-19H2,1H3. The number of hydrogen-bond donors (Lipinski definition) is 0. The Kier molecular flexibility index (Phi) is 15.5. The first kappa shape index (κ1) is 21.9. The molecule has 0 fully saturated rings. The second-order valence-electron chi connectivity index (χ2n) is 5.67. The van der Waals surface area contributed by atoms with Crippen LogP contribution in [0.5, 0.6) is 5.75 Å². The van der Waals surface area contributed by atoms with Gasteiger partial charge in [0.25, 0.3) is 0 Å². The predicted octanol–water partition coefficient (Wildman–Crippen LogP) is 3.71. The maximum atomic E-state index is 5.53. The average Bonchev–Trinajstić information content (AvgIpc) is 2.65. The summed E-state index contributed by atoms with van der Waals surface area (Å²) in [6.45, 7) is 7.77. The Labute approximate surface area is 152 Å². The SMILES string of the molecule is CCCCCCOCCOCCOCCOCCOc1ccccc1. The first-order valence-electron chi connectivity index (χ1n) is 9.42. The fraction of sp³-hybridized carbons (Fsp3) is 0.700. The topological polar surface area (TPSA) is 46.2 Å². The van der Waals surface area contributed by atoms with E-state index in [0.717, 1.165) is 18.8 Å². The molecule has 1 aromatic carbocycles. The minimum absolute atomic E-state index is 0.547. The second kappa shape index (κ2) is 17.7. The molecular formula is C20H34O5. The Morgan fingerprint density at radius 3 is 1.64 bits per heavy atom. The summed E-state index contributed by atoms with van der Waals surface area (Å²) in [5.41, 5.74) is 0. The van der Waals surface area contributed by atoms with Crippen molar-refractivity contribution in [2.75, 3.05) is 59.5 Å². The van der Waals surface area contributed by atoms with Crippen LogP contribution in [-0.2, 0) is 18.9 Å². The van der Waals surface area contributed by atoms with Crippen LogP contribution in [-0.4, -0.2) is 59.5 Å². The van der Waals surface area contributed by atoms with Crippen molar-refractivity contribution in [1.82, 2.24) is 0 Å². The molecule has 1 rings (SSSR count). The van der Waals surface area contributed by atoms with Crippen LogP contribution in [0.15, 0.2) is 30.3 Å². The van der Waals surface area contributed by atoms with Gasteiger partial charge < -0.3 is 23.7 Å². The van der Waals surface area contributed by atoms with Gasteiger partial charge in [-0.15, -0.1) is 0 Å². The normalized spacial score (nSPS) is 10.9. The van der Waals surface area contributed by atoms with Gasteiger partial charge in [0.15, 0.2) is 0 Å². The third-order valence-corrected chi connectivity index (χ3v) is 3.50. The molecule has 0 aromatic heterocycles. The molecule has 1 aromatic rings. The molecule has 25 heavy (non-hydrogen) atoms. The lowest BCUT2D eigenvalue weighted by Crippen LogP contribution is -2.13. The molecule has 0 N–H and O–H groups in total. The van der Waals surface area contributed by atoms with Gasteiger partial charge in [0, 0.05) is 6.61 Å². The molecule has 0 bridgehead atoms. The molecule has 0 aliphatic rings. The van der Waals surface area contributed by atoms with Crippen molar-refractivity contribution in [3.8, 4) is 5.75 Å². The fourth-order valence-corrected chi connectivity index (χ4v) is 2.13. The first-order valence-corrected chi connectivity index (χ1v) is 9.42. The largest absolute Gasteiger partial charge is 0.491 e. The van der Waals surface area contributed by atoms with Crippen LogP contribution in [0, 0.1) is 0 Å². The maximum Gasteiger partial charge on any atom is 0.119 e. The number of hydrogen-bond acceptors (Lipinski definition) is 5. The highest BCUT2D eigenvalue weighted by molar-refractivity contribution is 5.20. The van der Waals surface area contributed by atoms with Gasteiger partial charge in [0.2, 0.25) is 0 Å². The number of unbranched alkanes of at least 4 members (excludes halogenated alkanes) is 3. The summed E-state index contributed by atoms with van der Waals surface area (Å²) < 4.78 is 27.4. The molecule has 0 saturated heterocycles. The van der Waals surface area contributed by atoms with Crippen LogP contribution in [0.25, 0.3) is 0 Å². The van der Waals surface area contributed by atoms with Crippen LogP contribution in [0.2, 0.25) is 0 Å². The molecule has 144 valence electrons. The lowest BCUT2D eigenvalue weighted by Gasteiger charge is -2.08. The van der Waals surface area contributed by atoms with Crippen LogP contribution in [0.4, 0.5) is 0 Å². The van der Waals surface area contributed by atoms with Crippen molar-refractivity contribution < 1.29 is 23.7 Å². The Morgan fingerprint density at radius 2 is 1.08 bits per heavy atom. The van der Waals surface area contributed by atoms with E-state index in [2.05, 4.69) is 6.92 Å². The second-order valence-corrected chi connectivity index (χ2v) is 5.67. The summed E-state index contributed by atoms with van der Waals surface area (Å²) in [4.78, 5) is 0. The number of para-hydroxylation sites is 1. The number of ether oxygens (including phenoxy) is 5. The molecule has 5 nitrogen and oxygen atoms in total. The Hall–Kier alpha value is -1.14. The van der Waals surface area contributed by atoms with E-state index >= 15 is 0 Å². The van der Waals surface area contributed by atoms with E-state index in [0.29, 0.717) is 52.9 Å². The Morgan fingerprint density at radius 1 is 0.560 bits per heavy atom. The number of benzene rings is 1. The van der Waals surface area contributed by atoms with Gasteiger partial charge in [-0.2, -0.15) is 0 Å². The molecule has 5 heteroatoms. The molecule has 0 amide bonds. The van der Waals surface area contributed by atoms with Crippen molar-refractivity contribution in [1.29, 1.82) is 0 Å². The Balaban J connectivity index is 1.69. The van der Waals surface area contributed by atoms with Gasteiger partial charge >= 0.3 is 0 Å². The fourth-order valence-electron chi connectivity index (χ4n) is 2.13. The molecule has 0 saturated carbocycles. The quantitative estimate of drug-likeness (QED) is 0.376. The van der Waals surface area contributed by atoms with Gasteiger partial charge in [-0.1, -0.05) is 44.4 Å². The maximum absolute atomic E-state index is 5.53. The van der Waals surface area contributed by atoms with Crippen LogP contribution >= 0.6 is 0 Å². The molecule has 0 spiro atoms. The molecule has 0 unspecified atom stereocenters. The van der Waals surface area contributed by atoms with Gasteiger partial charge in [-0.25, -0.2) is 0 Å². The highest BCUT2D eigenvalue weighted by atomic mass is 16.6. The summed E-state index contributed by atoms with van der Waals surface area (Å²) in [7, 11) is 0. The molecule has 0 radical (unpaired) electrons. The van der Waals surface area contributed by atoms with E-state index in [4.69, 9.17) is 23.7 Å². The van der Waals surface area contributed by atoms with Crippen molar-refractivity contribution in [2.24, 2.45) is 0 Å². The van der Waals surface area contributed by atoms with Crippen LogP contribution in [0.1, 0.15) is 32.6 Å². The zero-order valence-corrected chi connectivity index (χ0v) is 15.6. The molecule has 0 heterocycles. The lowest BCUT2D eigenvalue weighted by molar-refractivity contribution is -0.00486. The summed E-state index contributed by atoms with van der Waals surface area (Å²) in [5, 5.41) is 0. The minimum Gasteiger partial charge on any atom is -0.491 e. The zero-order valence-electron chi connectivity index (χ0n) is 15.6. The monoisotopic (exact) mass is 354 g/mol. The van der Waals surface area contributed by atoms with E-state index < -0.39 is 0 Å². The highest BCUT2D eigenvalue weighted by Gasteiger charge is 1.94. The summed E-state index contributed by atoms with van der Waals surface area (Å²) >= 11 is 0. The third kappa shape index (κ3) is 14.9. The van der Waals surface area contributed by atoms with Crippen LogP contribution < -0.4 is 4.74 Å². The predicted molar refractivity (Wildman–Crippen MR) is 99.4 cm³/mol. The van der Waals surface area contributed by atoms with Gasteiger partial charge in [-0.3, -0.25) is 0 Å². The van der Waals surface area contributed by atoms with Crippen LogP contribution in [0.3, 0.4) is 0 Å². The smallest absolute Gasteiger partial charge is 0.119 e. The van der Waals surface area contributed by atoms with E-state index in [1.165, 1.54) is 19.3 Å². The summed E-state index contributed by atoms with van der Waals surface area (Å²) in [5.74, 6) is 0.865. The summed E-state index contributed by atoms with van der Waals surface area (Å²) in [6, 6.07) is 9.73. The van der Waals surface area contributed by atoms with E-state index in [1.54, 1.807) is 0 Å². The van der Waals surface area contributed by atoms with Crippen molar-refractivity contribution in [3.05, 3.63) is 30.3 Å². The average molecular weight is 354 g/mol. The van der Waals surface area contributed by atoms with E-state index in [1.807, 2.05) is 30.3 Å². The van der Waals surface area contributed by atoms with Gasteiger partial charge in [0.1, 0.15) is 12.4 Å². The number of rotatable bonds is 18. The van der Waals surface area contributed by atoms with Crippen molar-refractivity contribution in [3.63, 3.8) is 0 Å². The van der Waals surface area contributed by atoms with E-state index in [-0.39, 0.29) is 0 Å². The van der Waals surface area contributed by atoms with Crippen molar-refractivity contribution >= 4 is 0 Å². The Bertz CT molecular complexity index is 372. The molecular weight excluding hydrogens is 320 g/mol. The highest BCUT2D eigenvalue weighted by Crippen LogP contribution is 2.07. The molecule has 0 aliphatic heterocycles. The van der Waals surface area contributed by atoms with E-state index in [9.17, 15) is 0 Å².